The second-order valence-corrected chi connectivity index (χ2v) is 6.85. The summed E-state index contributed by atoms with van der Waals surface area (Å²) in [5.41, 5.74) is 3.96. The second kappa shape index (κ2) is 8.83. The minimum Gasteiger partial charge on any atom is -0.384 e. The lowest BCUT2D eigenvalue weighted by atomic mass is 10.1. The molecule has 0 bridgehead atoms. The van der Waals surface area contributed by atoms with Crippen LogP contribution in [0.2, 0.25) is 5.02 Å². The van der Waals surface area contributed by atoms with Crippen molar-refractivity contribution in [2.75, 3.05) is 37.8 Å². The lowest BCUT2D eigenvalue weighted by Crippen LogP contribution is -2.17. The van der Waals surface area contributed by atoms with Gasteiger partial charge in [-0.3, -0.25) is 9.78 Å². The van der Waals surface area contributed by atoms with Crippen LogP contribution in [-0.2, 0) is 0 Å². The highest BCUT2D eigenvalue weighted by atomic mass is 35.5. The van der Waals surface area contributed by atoms with E-state index in [2.05, 4.69) is 20.5 Å². The van der Waals surface area contributed by atoms with E-state index in [4.69, 9.17) is 11.6 Å². The highest BCUT2D eigenvalue weighted by Crippen LogP contribution is 2.27. The van der Waals surface area contributed by atoms with E-state index in [1.54, 1.807) is 18.5 Å². The van der Waals surface area contributed by atoms with Gasteiger partial charge in [-0.1, -0.05) is 17.7 Å². The molecule has 0 fully saturated rings. The minimum atomic E-state index is -0.224. The normalized spacial score (nSPS) is 10.8. The zero-order chi connectivity index (χ0) is 18.4. The molecule has 2 rings (SSSR count). The van der Waals surface area contributed by atoms with Crippen molar-refractivity contribution in [2.24, 2.45) is 0 Å². The van der Waals surface area contributed by atoms with E-state index in [0.717, 1.165) is 36.3 Å². The number of anilines is 2. The lowest BCUT2D eigenvalue weighted by Gasteiger charge is -2.13. The average Bonchev–Trinajstić information content (AvgIpc) is 2.55. The van der Waals surface area contributed by atoms with E-state index in [1.807, 2.05) is 40.1 Å². The van der Waals surface area contributed by atoms with Gasteiger partial charge in [0.15, 0.2) is 0 Å². The van der Waals surface area contributed by atoms with Gasteiger partial charge in [0.25, 0.3) is 5.91 Å². The Morgan fingerprint density at radius 2 is 1.96 bits per heavy atom. The van der Waals surface area contributed by atoms with Crippen LogP contribution >= 0.6 is 11.6 Å². The molecule has 6 heteroatoms. The fourth-order valence-corrected chi connectivity index (χ4v) is 2.92. The van der Waals surface area contributed by atoms with E-state index in [0.29, 0.717) is 16.3 Å². The third-order valence-electron chi connectivity index (χ3n) is 3.78. The van der Waals surface area contributed by atoms with Gasteiger partial charge in [-0.2, -0.15) is 0 Å². The zero-order valence-corrected chi connectivity index (χ0v) is 15.9. The number of benzene rings is 1. The average molecular weight is 361 g/mol. The maximum atomic E-state index is 12.5. The van der Waals surface area contributed by atoms with E-state index < -0.39 is 0 Å². The summed E-state index contributed by atoms with van der Waals surface area (Å²) in [6.07, 6.45) is 4.29. The second-order valence-electron chi connectivity index (χ2n) is 6.44. The van der Waals surface area contributed by atoms with Crippen LogP contribution in [0.25, 0.3) is 0 Å². The van der Waals surface area contributed by atoms with Crippen molar-refractivity contribution >= 4 is 28.9 Å². The van der Waals surface area contributed by atoms with E-state index in [9.17, 15) is 4.79 Å². The first-order valence-corrected chi connectivity index (χ1v) is 8.66. The Morgan fingerprint density at radius 3 is 2.64 bits per heavy atom. The number of carbonyl (C=O) groups excluding carboxylic acids is 1. The van der Waals surface area contributed by atoms with Gasteiger partial charge in [-0.25, -0.2) is 0 Å². The van der Waals surface area contributed by atoms with Crippen molar-refractivity contribution in [2.45, 2.75) is 20.3 Å². The number of aryl methyl sites for hydroxylation is 2. The van der Waals surface area contributed by atoms with Crippen LogP contribution in [0.1, 0.15) is 27.9 Å². The van der Waals surface area contributed by atoms with Crippen LogP contribution in [0.4, 0.5) is 11.4 Å². The molecular weight excluding hydrogens is 336 g/mol. The molecule has 0 saturated heterocycles. The van der Waals surface area contributed by atoms with Crippen molar-refractivity contribution in [1.82, 2.24) is 9.88 Å². The first-order valence-electron chi connectivity index (χ1n) is 8.28. The van der Waals surface area contributed by atoms with Crippen LogP contribution in [0.3, 0.4) is 0 Å². The molecule has 0 saturated carbocycles. The number of halogens is 1. The van der Waals surface area contributed by atoms with E-state index in [-0.39, 0.29) is 5.91 Å². The van der Waals surface area contributed by atoms with Crippen LogP contribution in [0.15, 0.2) is 30.6 Å². The third kappa shape index (κ3) is 5.73. The van der Waals surface area contributed by atoms with E-state index >= 15 is 0 Å². The number of carbonyl (C=O) groups is 1. The SMILES string of the molecule is Cc1cc(C)c(NC(=O)c2cncc(NCCCN(C)C)c2)c(Cl)c1. The van der Waals surface area contributed by atoms with Crippen molar-refractivity contribution < 1.29 is 4.79 Å². The number of nitrogens with zero attached hydrogens (tertiary/aromatic N) is 2. The summed E-state index contributed by atoms with van der Waals surface area (Å²) < 4.78 is 0. The number of rotatable bonds is 7. The fraction of sp³-hybridized carbons (Fsp3) is 0.368. The predicted molar refractivity (Wildman–Crippen MR) is 105 cm³/mol. The summed E-state index contributed by atoms with van der Waals surface area (Å²) in [5.74, 6) is -0.224. The van der Waals surface area contributed by atoms with Crippen molar-refractivity contribution in [3.8, 4) is 0 Å². The van der Waals surface area contributed by atoms with Gasteiger partial charge >= 0.3 is 0 Å². The molecule has 0 aliphatic heterocycles. The van der Waals surface area contributed by atoms with Gasteiger partial charge in [-0.05, 0) is 64.2 Å². The van der Waals surface area contributed by atoms with Crippen LogP contribution in [0, 0.1) is 13.8 Å². The molecule has 5 nitrogen and oxygen atoms in total. The van der Waals surface area contributed by atoms with Gasteiger partial charge < -0.3 is 15.5 Å². The molecule has 0 unspecified atom stereocenters. The van der Waals surface area contributed by atoms with Gasteiger partial charge in [-0.15, -0.1) is 0 Å². The maximum Gasteiger partial charge on any atom is 0.257 e. The maximum absolute atomic E-state index is 12.5. The third-order valence-corrected chi connectivity index (χ3v) is 4.08. The molecule has 1 aromatic heterocycles. The molecule has 0 radical (unpaired) electrons. The van der Waals surface area contributed by atoms with Crippen LogP contribution in [0.5, 0.6) is 0 Å². The Labute approximate surface area is 154 Å². The van der Waals surface area contributed by atoms with Crippen LogP contribution in [-0.4, -0.2) is 43.0 Å². The minimum absolute atomic E-state index is 0.224. The van der Waals surface area contributed by atoms with Gasteiger partial charge in [0.1, 0.15) is 0 Å². The summed E-state index contributed by atoms with van der Waals surface area (Å²) in [6.45, 7) is 5.73. The highest BCUT2D eigenvalue weighted by molar-refractivity contribution is 6.34. The van der Waals surface area contributed by atoms with Crippen molar-refractivity contribution in [3.63, 3.8) is 0 Å². The summed E-state index contributed by atoms with van der Waals surface area (Å²) >= 11 is 6.26. The summed E-state index contributed by atoms with van der Waals surface area (Å²) in [6, 6.07) is 5.63. The molecule has 2 aromatic rings. The molecule has 0 aliphatic carbocycles. The summed E-state index contributed by atoms with van der Waals surface area (Å²) in [5, 5.41) is 6.72. The summed E-state index contributed by atoms with van der Waals surface area (Å²) in [7, 11) is 4.09. The number of amides is 1. The lowest BCUT2D eigenvalue weighted by molar-refractivity contribution is 0.102. The highest BCUT2D eigenvalue weighted by Gasteiger charge is 2.12. The first kappa shape index (κ1) is 19.2. The topological polar surface area (TPSA) is 57.3 Å². The molecule has 2 N–H and O–H groups in total. The monoisotopic (exact) mass is 360 g/mol. The van der Waals surface area contributed by atoms with E-state index in [1.165, 1.54) is 0 Å². The molecule has 1 aromatic carbocycles. The molecule has 1 amide bonds. The molecule has 0 atom stereocenters. The Kier molecular flexibility index (Phi) is 6.79. The number of hydrogen-bond donors (Lipinski definition) is 2. The summed E-state index contributed by atoms with van der Waals surface area (Å²) in [4.78, 5) is 18.8. The number of pyridine rings is 1. The molecule has 1 heterocycles. The number of aromatic nitrogens is 1. The standard InChI is InChI=1S/C19H25ClN4O/c1-13-8-14(2)18(17(20)9-13)23-19(25)15-10-16(12-21-11-15)22-6-5-7-24(3)4/h8-12,22H,5-7H2,1-4H3,(H,23,25). The number of nitrogens with one attached hydrogen (secondary N) is 2. The predicted octanol–water partition coefficient (Wildman–Crippen LogP) is 3.97. The van der Waals surface area contributed by atoms with Crippen molar-refractivity contribution in [1.29, 1.82) is 0 Å². The van der Waals surface area contributed by atoms with Gasteiger partial charge in [0.05, 0.1) is 22.0 Å². The van der Waals surface area contributed by atoms with Gasteiger partial charge in [0.2, 0.25) is 0 Å². The molecule has 134 valence electrons. The Morgan fingerprint density at radius 1 is 1.20 bits per heavy atom. The Balaban J connectivity index is 2.04. The Bertz CT molecular complexity index is 723. The van der Waals surface area contributed by atoms with Gasteiger partial charge in [0, 0.05) is 18.9 Å². The van der Waals surface area contributed by atoms with Crippen molar-refractivity contribution in [3.05, 3.63) is 52.3 Å². The quantitative estimate of drug-likeness (QED) is 0.733. The first-order chi connectivity index (χ1) is 11.9. The molecule has 0 aliphatic rings. The zero-order valence-electron chi connectivity index (χ0n) is 15.2. The smallest absolute Gasteiger partial charge is 0.257 e. The molecule has 25 heavy (non-hydrogen) atoms. The Hall–Kier alpha value is -2.11. The molecule has 0 spiro atoms. The largest absolute Gasteiger partial charge is 0.384 e. The molecular formula is C19H25ClN4O. The van der Waals surface area contributed by atoms with Crippen LogP contribution < -0.4 is 10.6 Å². The fourth-order valence-electron chi connectivity index (χ4n) is 2.55. The number of hydrogen-bond acceptors (Lipinski definition) is 4.